The highest BCUT2D eigenvalue weighted by atomic mass is 16.4. The maximum Gasteiger partial charge on any atom is 0.307 e. The van der Waals surface area contributed by atoms with Crippen LogP contribution in [0.4, 0.5) is 0 Å². The summed E-state index contributed by atoms with van der Waals surface area (Å²) in [5.74, 6) is -1.08. The SMILES string of the molecule is C/C=C(/CO)C1C(C(=O)O)C1(C)C. The van der Waals surface area contributed by atoms with Crippen molar-refractivity contribution in [2.24, 2.45) is 17.3 Å². The van der Waals surface area contributed by atoms with Crippen molar-refractivity contribution in [3.05, 3.63) is 11.6 Å². The van der Waals surface area contributed by atoms with Crippen LogP contribution in [-0.2, 0) is 4.79 Å². The van der Waals surface area contributed by atoms with Crippen molar-refractivity contribution in [3.8, 4) is 0 Å². The first kappa shape index (κ1) is 10.3. The van der Waals surface area contributed by atoms with E-state index in [9.17, 15) is 4.79 Å². The van der Waals surface area contributed by atoms with Crippen LogP contribution < -0.4 is 0 Å². The molecule has 1 rings (SSSR count). The second-order valence-corrected chi connectivity index (χ2v) is 4.14. The van der Waals surface area contributed by atoms with Gasteiger partial charge in [0.15, 0.2) is 0 Å². The molecule has 0 aromatic rings. The number of carboxylic acids is 1. The topological polar surface area (TPSA) is 57.5 Å². The summed E-state index contributed by atoms with van der Waals surface area (Å²) in [4.78, 5) is 10.8. The van der Waals surface area contributed by atoms with Gasteiger partial charge in [0.1, 0.15) is 0 Å². The fraction of sp³-hybridized carbons (Fsp3) is 0.700. The Labute approximate surface area is 78.1 Å². The van der Waals surface area contributed by atoms with Crippen LogP contribution in [0.5, 0.6) is 0 Å². The molecule has 74 valence electrons. The Hall–Kier alpha value is -0.830. The smallest absolute Gasteiger partial charge is 0.307 e. The van der Waals surface area contributed by atoms with E-state index in [4.69, 9.17) is 10.2 Å². The Morgan fingerprint density at radius 2 is 2.00 bits per heavy atom. The van der Waals surface area contributed by atoms with Crippen molar-refractivity contribution in [2.45, 2.75) is 20.8 Å². The van der Waals surface area contributed by atoms with E-state index in [0.717, 1.165) is 5.57 Å². The van der Waals surface area contributed by atoms with E-state index < -0.39 is 5.97 Å². The van der Waals surface area contributed by atoms with Gasteiger partial charge in [-0.1, -0.05) is 19.9 Å². The third-order valence-electron chi connectivity index (χ3n) is 3.05. The van der Waals surface area contributed by atoms with Crippen LogP contribution in [0.1, 0.15) is 20.8 Å². The molecule has 3 nitrogen and oxygen atoms in total. The minimum Gasteiger partial charge on any atom is -0.481 e. The molecular weight excluding hydrogens is 168 g/mol. The second-order valence-electron chi connectivity index (χ2n) is 4.14. The molecule has 0 saturated heterocycles. The first-order chi connectivity index (χ1) is 5.96. The van der Waals surface area contributed by atoms with Crippen molar-refractivity contribution >= 4 is 5.97 Å². The predicted molar refractivity (Wildman–Crippen MR) is 49.2 cm³/mol. The lowest BCUT2D eigenvalue weighted by molar-refractivity contribution is -0.139. The zero-order valence-corrected chi connectivity index (χ0v) is 8.24. The molecule has 0 spiro atoms. The maximum atomic E-state index is 10.8. The molecule has 0 radical (unpaired) electrons. The Morgan fingerprint density at radius 1 is 1.46 bits per heavy atom. The Morgan fingerprint density at radius 3 is 2.23 bits per heavy atom. The molecular formula is C10H16O3. The third kappa shape index (κ3) is 1.48. The second kappa shape index (κ2) is 3.14. The van der Waals surface area contributed by atoms with Crippen LogP contribution in [0.25, 0.3) is 0 Å². The summed E-state index contributed by atoms with van der Waals surface area (Å²) in [6.45, 7) is 5.65. The summed E-state index contributed by atoms with van der Waals surface area (Å²) in [5, 5.41) is 17.9. The average molecular weight is 184 g/mol. The molecule has 3 heteroatoms. The van der Waals surface area contributed by atoms with E-state index in [1.165, 1.54) is 0 Å². The van der Waals surface area contributed by atoms with Crippen LogP contribution >= 0.6 is 0 Å². The van der Waals surface area contributed by atoms with Gasteiger partial charge in [0.05, 0.1) is 12.5 Å². The molecule has 13 heavy (non-hydrogen) atoms. The molecule has 0 aromatic heterocycles. The highest BCUT2D eigenvalue weighted by molar-refractivity contribution is 5.76. The van der Waals surface area contributed by atoms with E-state index >= 15 is 0 Å². The van der Waals surface area contributed by atoms with E-state index in [2.05, 4.69) is 0 Å². The molecule has 0 amide bonds. The molecule has 1 aliphatic carbocycles. The monoisotopic (exact) mass is 184 g/mol. The van der Waals surface area contributed by atoms with Crippen LogP contribution in [0.2, 0.25) is 0 Å². The molecule has 2 unspecified atom stereocenters. The normalized spacial score (nSPS) is 31.5. The fourth-order valence-corrected chi connectivity index (χ4v) is 2.16. The van der Waals surface area contributed by atoms with Crippen LogP contribution in [-0.4, -0.2) is 22.8 Å². The van der Waals surface area contributed by atoms with Gasteiger partial charge in [-0.05, 0) is 17.9 Å². The summed E-state index contributed by atoms with van der Waals surface area (Å²) >= 11 is 0. The summed E-state index contributed by atoms with van der Waals surface area (Å²) in [6.07, 6.45) is 1.81. The van der Waals surface area contributed by atoms with Crippen molar-refractivity contribution in [1.29, 1.82) is 0 Å². The van der Waals surface area contributed by atoms with E-state index in [0.29, 0.717) is 0 Å². The van der Waals surface area contributed by atoms with Gasteiger partial charge in [0.2, 0.25) is 0 Å². The Bertz CT molecular complexity index is 253. The molecule has 0 bridgehead atoms. The largest absolute Gasteiger partial charge is 0.481 e. The van der Waals surface area contributed by atoms with Gasteiger partial charge >= 0.3 is 5.97 Å². The van der Waals surface area contributed by atoms with Crippen LogP contribution in [0.15, 0.2) is 11.6 Å². The zero-order valence-electron chi connectivity index (χ0n) is 8.24. The average Bonchev–Trinajstić information content (AvgIpc) is 2.57. The molecule has 2 N–H and O–H groups in total. The third-order valence-corrected chi connectivity index (χ3v) is 3.05. The number of carbonyl (C=O) groups is 1. The molecule has 0 aromatic carbocycles. The quantitative estimate of drug-likeness (QED) is 0.650. The van der Waals surface area contributed by atoms with E-state index in [-0.39, 0.29) is 23.9 Å². The van der Waals surface area contributed by atoms with Crippen molar-refractivity contribution in [2.75, 3.05) is 6.61 Å². The lowest BCUT2D eigenvalue weighted by atomic mass is 10.0. The van der Waals surface area contributed by atoms with Crippen molar-refractivity contribution < 1.29 is 15.0 Å². The first-order valence-corrected chi connectivity index (χ1v) is 4.45. The van der Waals surface area contributed by atoms with Gasteiger partial charge < -0.3 is 10.2 Å². The Balaban J connectivity index is 2.81. The zero-order chi connectivity index (χ0) is 10.2. The highest BCUT2D eigenvalue weighted by Gasteiger charge is 2.63. The summed E-state index contributed by atoms with van der Waals surface area (Å²) in [6, 6.07) is 0. The van der Waals surface area contributed by atoms with E-state index in [1.54, 1.807) is 0 Å². The number of hydrogen-bond donors (Lipinski definition) is 2. The van der Waals surface area contributed by atoms with Gasteiger partial charge in [-0.2, -0.15) is 0 Å². The van der Waals surface area contributed by atoms with Crippen LogP contribution in [0, 0.1) is 17.3 Å². The van der Waals surface area contributed by atoms with Crippen LogP contribution in [0.3, 0.4) is 0 Å². The van der Waals surface area contributed by atoms with E-state index in [1.807, 2.05) is 26.8 Å². The lowest BCUT2D eigenvalue weighted by Crippen LogP contribution is -2.03. The Kier molecular flexibility index (Phi) is 2.48. The molecule has 1 saturated carbocycles. The number of aliphatic carboxylic acids is 1. The van der Waals surface area contributed by atoms with Gasteiger partial charge in [-0.3, -0.25) is 4.79 Å². The standard InChI is InChI=1S/C10H16O3/c1-4-6(5-11)7-8(9(12)13)10(7,2)3/h4,7-8,11H,5H2,1-3H3,(H,12,13)/b6-4-. The fourth-order valence-electron chi connectivity index (χ4n) is 2.16. The summed E-state index contributed by atoms with van der Waals surface area (Å²) in [5.41, 5.74) is 0.647. The van der Waals surface area contributed by atoms with Gasteiger partial charge in [-0.25, -0.2) is 0 Å². The van der Waals surface area contributed by atoms with Gasteiger partial charge in [0.25, 0.3) is 0 Å². The number of aliphatic hydroxyl groups excluding tert-OH is 1. The number of allylic oxidation sites excluding steroid dienone is 1. The molecule has 1 fully saturated rings. The predicted octanol–water partition coefficient (Wildman–Crippen LogP) is 1.28. The maximum absolute atomic E-state index is 10.8. The molecule has 0 aliphatic heterocycles. The first-order valence-electron chi connectivity index (χ1n) is 4.45. The number of rotatable bonds is 3. The number of hydrogen-bond acceptors (Lipinski definition) is 2. The molecule has 2 atom stereocenters. The summed E-state index contributed by atoms with van der Waals surface area (Å²) in [7, 11) is 0. The molecule has 0 heterocycles. The van der Waals surface area contributed by atoms with Crippen molar-refractivity contribution in [3.63, 3.8) is 0 Å². The lowest BCUT2D eigenvalue weighted by Gasteiger charge is -2.03. The minimum absolute atomic E-state index is 0.0139. The van der Waals surface area contributed by atoms with Gasteiger partial charge in [-0.15, -0.1) is 0 Å². The highest BCUT2D eigenvalue weighted by Crippen LogP contribution is 2.61. The van der Waals surface area contributed by atoms with Crippen molar-refractivity contribution in [1.82, 2.24) is 0 Å². The molecule has 1 aliphatic rings. The van der Waals surface area contributed by atoms with Gasteiger partial charge in [0, 0.05) is 5.92 Å². The minimum atomic E-state index is -0.761. The number of aliphatic hydroxyl groups is 1. The summed E-state index contributed by atoms with van der Waals surface area (Å²) < 4.78 is 0. The number of carboxylic acid groups (broad SMARTS) is 1.